The van der Waals surface area contributed by atoms with Gasteiger partial charge in [0.1, 0.15) is 0 Å². The third-order valence-corrected chi connectivity index (χ3v) is 3.01. The monoisotopic (exact) mass is 265 g/mol. The van der Waals surface area contributed by atoms with Gasteiger partial charge in [-0.1, -0.05) is 13.3 Å². The zero-order valence-corrected chi connectivity index (χ0v) is 11.6. The predicted octanol–water partition coefficient (Wildman–Crippen LogP) is 1.23. The van der Waals surface area contributed by atoms with Gasteiger partial charge in [-0.15, -0.1) is 0 Å². The number of hydrogen-bond donors (Lipinski definition) is 3. The van der Waals surface area contributed by atoms with Gasteiger partial charge in [-0.05, 0) is 24.6 Å². The van der Waals surface area contributed by atoms with Gasteiger partial charge in [-0.2, -0.15) is 0 Å². The van der Waals surface area contributed by atoms with E-state index in [1.54, 1.807) is 19.2 Å². The molecule has 0 aliphatic carbocycles. The van der Waals surface area contributed by atoms with E-state index in [1.807, 2.05) is 11.0 Å². The summed E-state index contributed by atoms with van der Waals surface area (Å²) < 4.78 is 0. The van der Waals surface area contributed by atoms with Gasteiger partial charge in [0.25, 0.3) is 5.91 Å². The molecule has 0 aromatic heterocycles. The smallest absolute Gasteiger partial charge is 0.251 e. The number of anilines is 2. The molecule has 0 saturated carbocycles. The Hall–Kier alpha value is -1.75. The lowest BCUT2D eigenvalue weighted by Crippen LogP contribution is -2.28. The van der Waals surface area contributed by atoms with Crippen LogP contribution in [0.5, 0.6) is 0 Å². The maximum atomic E-state index is 11.5. The van der Waals surface area contributed by atoms with Crippen molar-refractivity contribution in [2.45, 2.75) is 19.8 Å². The van der Waals surface area contributed by atoms with E-state index >= 15 is 0 Å². The number of unbranched alkanes of at least 4 members (excludes halogenated alkanes) is 1. The second kappa shape index (κ2) is 7.63. The fraction of sp³-hybridized carbons (Fsp3) is 0.500. The number of benzene rings is 1. The topological polar surface area (TPSA) is 78.6 Å². The predicted molar refractivity (Wildman–Crippen MR) is 78.5 cm³/mol. The molecule has 5 heteroatoms. The van der Waals surface area contributed by atoms with Crippen LogP contribution in [-0.4, -0.2) is 37.8 Å². The molecule has 4 N–H and O–H groups in total. The minimum atomic E-state index is -0.152. The summed E-state index contributed by atoms with van der Waals surface area (Å²) in [7, 11) is 1.59. The van der Waals surface area contributed by atoms with Gasteiger partial charge in [0.15, 0.2) is 0 Å². The number of nitrogens with zero attached hydrogens (tertiary/aromatic N) is 1. The largest absolute Gasteiger partial charge is 0.397 e. The molecule has 0 spiro atoms. The van der Waals surface area contributed by atoms with E-state index in [-0.39, 0.29) is 12.5 Å². The first kappa shape index (κ1) is 15.3. The lowest BCUT2D eigenvalue weighted by atomic mass is 10.1. The van der Waals surface area contributed by atoms with Gasteiger partial charge in [0.2, 0.25) is 0 Å². The molecule has 1 aromatic carbocycles. The summed E-state index contributed by atoms with van der Waals surface area (Å²) >= 11 is 0. The fourth-order valence-electron chi connectivity index (χ4n) is 1.95. The van der Waals surface area contributed by atoms with Crippen molar-refractivity contribution in [3.8, 4) is 0 Å². The first-order valence-electron chi connectivity index (χ1n) is 6.61. The number of aliphatic hydroxyl groups excluding tert-OH is 1. The highest BCUT2D eigenvalue weighted by molar-refractivity contribution is 5.96. The average molecular weight is 265 g/mol. The van der Waals surface area contributed by atoms with Gasteiger partial charge in [0, 0.05) is 25.7 Å². The van der Waals surface area contributed by atoms with E-state index in [4.69, 9.17) is 10.8 Å². The summed E-state index contributed by atoms with van der Waals surface area (Å²) in [6, 6.07) is 5.26. The molecule has 0 fully saturated rings. The Kier molecular flexibility index (Phi) is 6.15. The van der Waals surface area contributed by atoms with Crippen LogP contribution in [0.1, 0.15) is 30.1 Å². The zero-order valence-electron chi connectivity index (χ0n) is 11.6. The van der Waals surface area contributed by atoms with E-state index in [2.05, 4.69) is 12.2 Å². The number of carbonyl (C=O) groups excluding carboxylic acids is 1. The van der Waals surface area contributed by atoms with Crippen molar-refractivity contribution in [2.24, 2.45) is 0 Å². The third kappa shape index (κ3) is 4.13. The highest BCUT2D eigenvalue weighted by Gasteiger charge is 2.11. The highest BCUT2D eigenvalue weighted by atomic mass is 16.3. The molecular weight excluding hydrogens is 242 g/mol. The molecular formula is C14H23N3O2. The molecule has 0 saturated heterocycles. The maximum Gasteiger partial charge on any atom is 0.251 e. The highest BCUT2D eigenvalue weighted by Crippen LogP contribution is 2.24. The molecule has 1 amide bonds. The summed E-state index contributed by atoms with van der Waals surface area (Å²) in [6.07, 6.45) is 2.12. The van der Waals surface area contributed by atoms with Crippen LogP contribution in [0.4, 0.5) is 11.4 Å². The van der Waals surface area contributed by atoms with Crippen LogP contribution in [0.3, 0.4) is 0 Å². The van der Waals surface area contributed by atoms with Gasteiger partial charge in [-0.3, -0.25) is 4.79 Å². The molecule has 0 atom stereocenters. The van der Waals surface area contributed by atoms with Crippen LogP contribution in [0.15, 0.2) is 18.2 Å². The van der Waals surface area contributed by atoms with Crippen molar-refractivity contribution >= 4 is 17.3 Å². The zero-order chi connectivity index (χ0) is 14.3. The first-order valence-corrected chi connectivity index (χ1v) is 6.61. The van der Waals surface area contributed by atoms with E-state index < -0.39 is 0 Å². The van der Waals surface area contributed by atoms with Gasteiger partial charge in [0.05, 0.1) is 18.0 Å². The minimum Gasteiger partial charge on any atom is -0.397 e. The van der Waals surface area contributed by atoms with Crippen LogP contribution in [-0.2, 0) is 0 Å². The summed E-state index contributed by atoms with van der Waals surface area (Å²) in [5.74, 6) is -0.152. The molecule has 5 nitrogen and oxygen atoms in total. The van der Waals surface area contributed by atoms with E-state index in [9.17, 15) is 4.79 Å². The van der Waals surface area contributed by atoms with Gasteiger partial charge < -0.3 is 21.1 Å². The number of nitrogens with two attached hydrogens (primary N) is 1. The number of aliphatic hydroxyl groups is 1. The summed E-state index contributed by atoms with van der Waals surface area (Å²) in [5.41, 5.74) is 7.99. The third-order valence-electron chi connectivity index (χ3n) is 3.01. The Morgan fingerprint density at radius 2 is 2.16 bits per heavy atom. The second-order valence-corrected chi connectivity index (χ2v) is 4.42. The maximum absolute atomic E-state index is 11.5. The number of rotatable bonds is 7. The molecule has 19 heavy (non-hydrogen) atoms. The van der Waals surface area contributed by atoms with Gasteiger partial charge >= 0.3 is 0 Å². The Balaban J connectivity index is 2.94. The number of carbonyl (C=O) groups is 1. The fourth-order valence-corrected chi connectivity index (χ4v) is 1.95. The van der Waals surface area contributed by atoms with Crippen LogP contribution in [0.2, 0.25) is 0 Å². The van der Waals surface area contributed by atoms with Crippen molar-refractivity contribution in [2.75, 3.05) is 37.4 Å². The SMILES string of the molecule is CCCCN(CCO)c1ccc(C(=O)NC)cc1N. The Morgan fingerprint density at radius 3 is 2.68 bits per heavy atom. The van der Waals surface area contributed by atoms with E-state index in [0.29, 0.717) is 17.8 Å². The van der Waals surface area contributed by atoms with E-state index in [0.717, 1.165) is 25.1 Å². The first-order chi connectivity index (χ1) is 9.13. The number of nitrogens with one attached hydrogen (secondary N) is 1. The lowest BCUT2D eigenvalue weighted by Gasteiger charge is -2.25. The summed E-state index contributed by atoms with van der Waals surface area (Å²) in [5, 5.41) is 11.7. The number of nitrogen functional groups attached to an aromatic ring is 1. The van der Waals surface area contributed by atoms with Crippen LogP contribution in [0, 0.1) is 0 Å². The standard InChI is InChI=1S/C14H23N3O2/c1-3-4-7-17(8-9-18)13-6-5-11(10-12(13)15)14(19)16-2/h5-6,10,18H,3-4,7-9,15H2,1-2H3,(H,16,19). The van der Waals surface area contributed by atoms with E-state index in [1.165, 1.54) is 0 Å². The van der Waals surface area contributed by atoms with Crippen LogP contribution in [0.25, 0.3) is 0 Å². The molecule has 1 aromatic rings. The quantitative estimate of drug-likeness (QED) is 0.648. The average Bonchev–Trinajstić information content (AvgIpc) is 2.42. The van der Waals surface area contributed by atoms with Crippen molar-refractivity contribution in [1.29, 1.82) is 0 Å². The summed E-state index contributed by atoms with van der Waals surface area (Å²) in [4.78, 5) is 13.6. The van der Waals surface area contributed by atoms with Gasteiger partial charge in [-0.25, -0.2) is 0 Å². The van der Waals surface area contributed by atoms with Crippen molar-refractivity contribution in [3.63, 3.8) is 0 Å². The molecule has 0 heterocycles. The van der Waals surface area contributed by atoms with Crippen LogP contribution < -0.4 is 16.0 Å². The molecule has 1 rings (SSSR count). The second-order valence-electron chi connectivity index (χ2n) is 4.42. The molecule has 0 aliphatic rings. The van der Waals surface area contributed by atoms with Crippen molar-refractivity contribution < 1.29 is 9.90 Å². The Bertz CT molecular complexity index is 421. The lowest BCUT2D eigenvalue weighted by molar-refractivity contribution is 0.0963. The van der Waals surface area contributed by atoms with Crippen molar-refractivity contribution in [1.82, 2.24) is 5.32 Å². The normalized spacial score (nSPS) is 10.3. The molecule has 106 valence electrons. The number of amides is 1. The van der Waals surface area contributed by atoms with Crippen molar-refractivity contribution in [3.05, 3.63) is 23.8 Å². The molecule has 0 radical (unpaired) electrons. The Labute approximate surface area is 114 Å². The number of hydrogen-bond acceptors (Lipinski definition) is 4. The molecule has 0 bridgehead atoms. The van der Waals surface area contributed by atoms with Crippen LogP contribution >= 0.6 is 0 Å². The Morgan fingerprint density at radius 1 is 1.42 bits per heavy atom. The molecule has 0 aliphatic heterocycles. The summed E-state index contributed by atoms with van der Waals surface area (Å²) in [6.45, 7) is 3.60. The molecule has 0 unspecified atom stereocenters. The minimum absolute atomic E-state index is 0.0837.